The van der Waals surface area contributed by atoms with E-state index in [0.717, 1.165) is 22.7 Å². The topological polar surface area (TPSA) is 43.8 Å². The van der Waals surface area contributed by atoms with Gasteiger partial charge in [0.25, 0.3) is 0 Å². The molecule has 96 valence electrons. The maximum absolute atomic E-state index is 6.25. The predicted octanol–water partition coefficient (Wildman–Crippen LogP) is 2.93. The third-order valence-electron chi connectivity index (χ3n) is 3.36. The van der Waals surface area contributed by atoms with Crippen molar-refractivity contribution in [3.8, 4) is 0 Å². The van der Waals surface area contributed by atoms with E-state index in [0.29, 0.717) is 0 Å². The summed E-state index contributed by atoms with van der Waals surface area (Å²) in [4.78, 5) is 0. The standard InChI is InChI=1S/C14H18ClN3/c1-9-13(10(2)18(3)17-9)8-14(16)11-5-4-6-12(15)7-11/h4-7,14H,8,16H2,1-3H3. The van der Waals surface area contributed by atoms with E-state index in [1.54, 1.807) is 0 Å². The van der Waals surface area contributed by atoms with Crippen molar-refractivity contribution in [2.24, 2.45) is 12.8 Å². The second kappa shape index (κ2) is 5.12. The van der Waals surface area contributed by atoms with Crippen LogP contribution in [0.2, 0.25) is 5.02 Å². The molecule has 0 bridgehead atoms. The lowest BCUT2D eigenvalue weighted by atomic mass is 9.98. The van der Waals surface area contributed by atoms with Crippen LogP contribution in [0.5, 0.6) is 0 Å². The molecule has 1 aromatic heterocycles. The fourth-order valence-electron chi connectivity index (χ4n) is 2.19. The van der Waals surface area contributed by atoms with Crippen LogP contribution in [0.1, 0.15) is 28.6 Å². The van der Waals surface area contributed by atoms with Crippen molar-refractivity contribution >= 4 is 11.6 Å². The van der Waals surface area contributed by atoms with E-state index in [1.807, 2.05) is 42.9 Å². The zero-order valence-corrected chi connectivity index (χ0v) is 11.7. The Morgan fingerprint density at radius 1 is 1.39 bits per heavy atom. The fourth-order valence-corrected chi connectivity index (χ4v) is 2.39. The first-order valence-electron chi connectivity index (χ1n) is 5.99. The number of nitrogens with two attached hydrogens (primary N) is 1. The van der Waals surface area contributed by atoms with Crippen LogP contribution < -0.4 is 5.73 Å². The molecule has 4 heteroatoms. The molecule has 0 aliphatic carbocycles. The summed E-state index contributed by atoms with van der Waals surface area (Å²) in [6.07, 6.45) is 0.784. The summed E-state index contributed by atoms with van der Waals surface area (Å²) in [6.45, 7) is 4.09. The lowest BCUT2D eigenvalue weighted by Crippen LogP contribution is -2.14. The van der Waals surface area contributed by atoms with Crippen LogP contribution >= 0.6 is 11.6 Å². The Bertz CT molecular complexity index is 560. The highest BCUT2D eigenvalue weighted by molar-refractivity contribution is 6.30. The van der Waals surface area contributed by atoms with Gasteiger partial charge in [0.1, 0.15) is 0 Å². The highest BCUT2D eigenvalue weighted by Gasteiger charge is 2.14. The summed E-state index contributed by atoms with van der Waals surface area (Å²) in [6, 6.07) is 7.68. The number of aryl methyl sites for hydroxylation is 2. The zero-order valence-electron chi connectivity index (χ0n) is 10.9. The van der Waals surface area contributed by atoms with Crippen molar-refractivity contribution in [1.29, 1.82) is 0 Å². The molecule has 0 amide bonds. The van der Waals surface area contributed by atoms with Crippen LogP contribution in [-0.2, 0) is 13.5 Å². The lowest BCUT2D eigenvalue weighted by molar-refractivity contribution is 0.707. The number of aromatic nitrogens is 2. The second-order valence-electron chi connectivity index (χ2n) is 4.64. The number of hydrogen-bond acceptors (Lipinski definition) is 2. The van der Waals surface area contributed by atoms with Gasteiger partial charge in [0, 0.05) is 23.8 Å². The quantitative estimate of drug-likeness (QED) is 0.925. The van der Waals surface area contributed by atoms with Gasteiger partial charge in [-0.2, -0.15) is 5.10 Å². The number of halogens is 1. The summed E-state index contributed by atoms with van der Waals surface area (Å²) >= 11 is 5.99. The molecule has 18 heavy (non-hydrogen) atoms. The Kier molecular flexibility index (Phi) is 3.73. The van der Waals surface area contributed by atoms with E-state index in [1.165, 1.54) is 11.3 Å². The zero-order chi connectivity index (χ0) is 13.3. The Morgan fingerprint density at radius 2 is 2.11 bits per heavy atom. The molecule has 2 aromatic rings. The third kappa shape index (κ3) is 2.57. The summed E-state index contributed by atoms with van der Waals surface area (Å²) in [5, 5.41) is 5.13. The highest BCUT2D eigenvalue weighted by Crippen LogP contribution is 2.22. The van der Waals surface area contributed by atoms with Gasteiger partial charge in [0.2, 0.25) is 0 Å². The van der Waals surface area contributed by atoms with E-state index in [9.17, 15) is 0 Å². The van der Waals surface area contributed by atoms with Crippen LogP contribution in [0.15, 0.2) is 24.3 Å². The molecule has 2 N–H and O–H groups in total. The minimum Gasteiger partial charge on any atom is -0.324 e. The van der Waals surface area contributed by atoms with Crippen molar-refractivity contribution in [3.63, 3.8) is 0 Å². The highest BCUT2D eigenvalue weighted by atomic mass is 35.5. The van der Waals surface area contributed by atoms with E-state index >= 15 is 0 Å². The van der Waals surface area contributed by atoms with E-state index < -0.39 is 0 Å². The first kappa shape index (κ1) is 13.1. The SMILES string of the molecule is Cc1nn(C)c(C)c1CC(N)c1cccc(Cl)c1. The van der Waals surface area contributed by atoms with Crippen LogP contribution in [0.25, 0.3) is 0 Å². The van der Waals surface area contributed by atoms with Crippen molar-refractivity contribution in [2.45, 2.75) is 26.3 Å². The molecule has 1 unspecified atom stereocenters. The number of hydrogen-bond donors (Lipinski definition) is 1. The molecule has 1 aromatic carbocycles. The molecule has 1 heterocycles. The van der Waals surface area contributed by atoms with E-state index in [2.05, 4.69) is 12.0 Å². The Balaban J connectivity index is 2.24. The summed E-state index contributed by atoms with van der Waals surface area (Å²) in [5.41, 5.74) is 10.8. The maximum Gasteiger partial charge on any atom is 0.0629 e. The van der Waals surface area contributed by atoms with Gasteiger partial charge in [-0.05, 0) is 43.5 Å². The van der Waals surface area contributed by atoms with Crippen molar-refractivity contribution < 1.29 is 0 Å². The van der Waals surface area contributed by atoms with Gasteiger partial charge in [0.05, 0.1) is 5.69 Å². The van der Waals surface area contributed by atoms with Gasteiger partial charge in [-0.15, -0.1) is 0 Å². The number of nitrogens with zero attached hydrogens (tertiary/aromatic N) is 2. The van der Waals surface area contributed by atoms with Gasteiger partial charge >= 0.3 is 0 Å². The van der Waals surface area contributed by atoms with Gasteiger partial charge in [0.15, 0.2) is 0 Å². The van der Waals surface area contributed by atoms with Crippen molar-refractivity contribution in [2.75, 3.05) is 0 Å². The first-order chi connectivity index (χ1) is 8.49. The van der Waals surface area contributed by atoms with E-state index in [-0.39, 0.29) is 6.04 Å². The molecule has 2 rings (SSSR count). The van der Waals surface area contributed by atoms with Crippen LogP contribution in [0.4, 0.5) is 0 Å². The van der Waals surface area contributed by atoms with Crippen LogP contribution in [0, 0.1) is 13.8 Å². The lowest BCUT2D eigenvalue weighted by Gasteiger charge is -2.12. The average molecular weight is 264 g/mol. The minimum absolute atomic E-state index is 0.0506. The van der Waals surface area contributed by atoms with Crippen molar-refractivity contribution in [1.82, 2.24) is 9.78 Å². The molecule has 3 nitrogen and oxygen atoms in total. The normalized spacial score (nSPS) is 12.7. The Morgan fingerprint density at radius 3 is 2.67 bits per heavy atom. The first-order valence-corrected chi connectivity index (χ1v) is 6.37. The summed E-state index contributed by atoms with van der Waals surface area (Å²) < 4.78 is 1.90. The smallest absolute Gasteiger partial charge is 0.0629 e. The molecule has 1 atom stereocenters. The van der Waals surface area contributed by atoms with Gasteiger partial charge < -0.3 is 5.73 Å². The minimum atomic E-state index is -0.0506. The largest absolute Gasteiger partial charge is 0.324 e. The Labute approximate surface area is 113 Å². The van der Waals surface area contributed by atoms with Gasteiger partial charge in [-0.1, -0.05) is 23.7 Å². The fraction of sp³-hybridized carbons (Fsp3) is 0.357. The Hall–Kier alpha value is -1.32. The van der Waals surface area contributed by atoms with E-state index in [4.69, 9.17) is 17.3 Å². The molecule has 0 saturated carbocycles. The summed E-state index contributed by atoms with van der Waals surface area (Å²) in [7, 11) is 1.96. The maximum atomic E-state index is 6.25. The second-order valence-corrected chi connectivity index (χ2v) is 5.08. The molecule has 0 saturated heterocycles. The third-order valence-corrected chi connectivity index (χ3v) is 3.59. The van der Waals surface area contributed by atoms with Gasteiger partial charge in [-0.25, -0.2) is 0 Å². The molecular formula is C14H18ClN3. The van der Waals surface area contributed by atoms with Crippen LogP contribution in [0.3, 0.4) is 0 Å². The molecule has 0 fully saturated rings. The van der Waals surface area contributed by atoms with Gasteiger partial charge in [-0.3, -0.25) is 4.68 Å². The van der Waals surface area contributed by atoms with Crippen LogP contribution in [-0.4, -0.2) is 9.78 Å². The molecular weight excluding hydrogens is 246 g/mol. The predicted molar refractivity (Wildman–Crippen MR) is 74.8 cm³/mol. The molecule has 0 radical (unpaired) electrons. The number of rotatable bonds is 3. The molecule has 0 aliphatic rings. The molecule has 0 spiro atoms. The average Bonchev–Trinajstić information content (AvgIpc) is 2.56. The number of benzene rings is 1. The molecule has 0 aliphatic heterocycles. The monoisotopic (exact) mass is 263 g/mol. The van der Waals surface area contributed by atoms with Crippen molar-refractivity contribution in [3.05, 3.63) is 51.8 Å². The summed E-state index contributed by atoms with van der Waals surface area (Å²) in [5.74, 6) is 0.